The third kappa shape index (κ3) is 3.52. The molecule has 0 radical (unpaired) electrons. The van der Waals surface area contributed by atoms with Gasteiger partial charge in [0.15, 0.2) is 6.61 Å². The first-order chi connectivity index (χ1) is 9.45. The molecule has 4 amide bonds. The second-order valence-electron chi connectivity index (χ2n) is 3.84. The van der Waals surface area contributed by atoms with Gasteiger partial charge in [0.1, 0.15) is 12.3 Å². The number of hydrogen-bond donors (Lipinski definition) is 2. The van der Waals surface area contributed by atoms with Crippen molar-refractivity contribution in [3.05, 3.63) is 28.2 Å². The average molecular weight is 318 g/mol. The van der Waals surface area contributed by atoms with Gasteiger partial charge in [0, 0.05) is 11.1 Å². The number of amides is 4. The summed E-state index contributed by atoms with van der Waals surface area (Å²) in [6.07, 6.45) is 0. The summed E-state index contributed by atoms with van der Waals surface area (Å²) in [5.74, 6) is -0.851. The smallest absolute Gasteiger partial charge is 0.343 e. The number of nitrogens with zero attached hydrogens (tertiary/aromatic N) is 1. The van der Waals surface area contributed by atoms with Crippen molar-refractivity contribution in [3.63, 3.8) is 0 Å². The number of nitrogens with one attached hydrogen (secondary N) is 2. The lowest BCUT2D eigenvalue weighted by Gasteiger charge is -2.15. The van der Waals surface area contributed by atoms with Gasteiger partial charge in [-0.25, -0.2) is 9.80 Å². The Kier molecular flexibility index (Phi) is 4.31. The van der Waals surface area contributed by atoms with Gasteiger partial charge in [0.05, 0.1) is 5.02 Å². The summed E-state index contributed by atoms with van der Waals surface area (Å²) >= 11 is 11.6. The van der Waals surface area contributed by atoms with E-state index in [0.717, 1.165) is 5.01 Å². The second-order valence-corrected chi connectivity index (χ2v) is 4.68. The fraction of sp³-hybridized carbons (Fsp3) is 0.182. The number of benzene rings is 1. The van der Waals surface area contributed by atoms with Gasteiger partial charge in [-0.1, -0.05) is 23.2 Å². The number of carbonyl (C=O) groups excluding carboxylic acids is 3. The van der Waals surface area contributed by atoms with Crippen molar-refractivity contribution >= 4 is 41.0 Å². The number of carbonyl (C=O) groups is 3. The zero-order chi connectivity index (χ0) is 14.7. The van der Waals surface area contributed by atoms with Gasteiger partial charge in [0.25, 0.3) is 5.91 Å². The highest BCUT2D eigenvalue weighted by atomic mass is 35.5. The van der Waals surface area contributed by atoms with Crippen LogP contribution in [0, 0.1) is 0 Å². The largest absolute Gasteiger partial charge is 0.482 e. The number of imide groups is 1. The summed E-state index contributed by atoms with van der Waals surface area (Å²) < 4.78 is 5.18. The maximum absolute atomic E-state index is 11.6. The number of urea groups is 1. The van der Waals surface area contributed by atoms with Crippen LogP contribution in [0.15, 0.2) is 18.2 Å². The van der Waals surface area contributed by atoms with Gasteiger partial charge < -0.3 is 4.74 Å². The zero-order valence-corrected chi connectivity index (χ0v) is 11.5. The van der Waals surface area contributed by atoms with Crippen LogP contribution in [0.3, 0.4) is 0 Å². The van der Waals surface area contributed by atoms with Gasteiger partial charge in [-0.05, 0) is 12.1 Å². The standard InChI is InChI=1S/C11H9Cl2N3O4/c12-6-1-2-7(13)8(3-6)20-5-10(18)15-16-4-9(17)14-11(16)19/h1-3H,4-5H2,(H,15,18)(H,14,17,19). The molecule has 1 heterocycles. The molecule has 0 bridgehead atoms. The highest BCUT2D eigenvalue weighted by Gasteiger charge is 2.28. The van der Waals surface area contributed by atoms with Gasteiger partial charge >= 0.3 is 6.03 Å². The van der Waals surface area contributed by atoms with Crippen molar-refractivity contribution in [2.75, 3.05) is 13.2 Å². The van der Waals surface area contributed by atoms with E-state index in [1.807, 2.05) is 5.32 Å². The lowest BCUT2D eigenvalue weighted by Crippen LogP contribution is -2.46. The summed E-state index contributed by atoms with van der Waals surface area (Å²) in [6.45, 7) is -0.611. The third-order valence-electron chi connectivity index (χ3n) is 2.30. The molecule has 0 unspecified atom stereocenters. The zero-order valence-electron chi connectivity index (χ0n) is 9.98. The predicted molar refractivity (Wildman–Crippen MR) is 70.3 cm³/mol. The van der Waals surface area contributed by atoms with Crippen molar-refractivity contribution in [1.29, 1.82) is 0 Å². The Morgan fingerprint density at radius 1 is 1.40 bits per heavy atom. The quantitative estimate of drug-likeness (QED) is 0.809. The van der Waals surface area contributed by atoms with E-state index < -0.39 is 17.8 Å². The highest BCUT2D eigenvalue weighted by molar-refractivity contribution is 6.34. The van der Waals surface area contributed by atoms with E-state index >= 15 is 0 Å². The van der Waals surface area contributed by atoms with Gasteiger partial charge in [-0.2, -0.15) is 0 Å². The SMILES string of the molecule is O=C1CN(NC(=O)COc2cc(Cl)ccc2Cl)C(=O)N1. The molecule has 1 fully saturated rings. The molecule has 1 aliphatic heterocycles. The van der Waals surface area contributed by atoms with E-state index in [4.69, 9.17) is 27.9 Å². The van der Waals surface area contributed by atoms with Crippen molar-refractivity contribution in [3.8, 4) is 5.75 Å². The molecule has 2 N–H and O–H groups in total. The topological polar surface area (TPSA) is 87.7 Å². The molecule has 9 heteroatoms. The van der Waals surface area contributed by atoms with Crippen LogP contribution in [0.2, 0.25) is 10.0 Å². The van der Waals surface area contributed by atoms with Gasteiger partial charge in [-0.15, -0.1) is 0 Å². The number of hydrogen-bond acceptors (Lipinski definition) is 4. The first kappa shape index (κ1) is 14.4. The van der Waals surface area contributed by atoms with Crippen molar-refractivity contribution in [1.82, 2.24) is 15.8 Å². The number of rotatable bonds is 4. The molecule has 0 saturated carbocycles. The van der Waals surface area contributed by atoms with E-state index in [2.05, 4.69) is 5.43 Å². The number of hydrazine groups is 1. The van der Waals surface area contributed by atoms with E-state index in [0.29, 0.717) is 10.0 Å². The fourth-order valence-electron chi connectivity index (χ4n) is 1.45. The molecule has 1 aromatic carbocycles. The minimum Gasteiger partial charge on any atom is -0.482 e. The summed E-state index contributed by atoms with van der Waals surface area (Å²) in [5.41, 5.74) is 2.22. The van der Waals surface area contributed by atoms with Crippen LogP contribution in [-0.2, 0) is 9.59 Å². The Balaban J connectivity index is 1.88. The minimum atomic E-state index is -0.691. The molecule has 20 heavy (non-hydrogen) atoms. The fourth-order valence-corrected chi connectivity index (χ4v) is 1.78. The summed E-state index contributed by atoms with van der Waals surface area (Å²) in [6, 6.07) is 3.88. The first-order valence-corrected chi connectivity index (χ1v) is 6.20. The Hall–Kier alpha value is -1.99. The molecule has 2 rings (SSSR count). The maximum atomic E-state index is 11.6. The molecule has 0 spiro atoms. The third-order valence-corrected chi connectivity index (χ3v) is 2.85. The molecular formula is C11H9Cl2N3O4. The van der Waals surface area contributed by atoms with Crippen molar-refractivity contribution in [2.24, 2.45) is 0 Å². The lowest BCUT2D eigenvalue weighted by atomic mass is 10.3. The van der Waals surface area contributed by atoms with Crippen LogP contribution in [-0.4, -0.2) is 36.0 Å². The van der Waals surface area contributed by atoms with Gasteiger partial charge in [0.2, 0.25) is 5.91 Å². The minimum absolute atomic E-state index is 0.234. The number of halogens is 2. The van der Waals surface area contributed by atoms with Crippen LogP contribution < -0.4 is 15.5 Å². The lowest BCUT2D eigenvalue weighted by molar-refractivity contribution is -0.127. The molecule has 1 saturated heterocycles. The van der Waals surface area contributed by atoms with E-state index in [9.17, 15) is 14.4 Å². The van der Waals surface area contributed by atoms with Crippen molar-refractivity contribution in [2.45, 2.75) is 0 Å². The van der Waals surface area contributed by atoms with Gasteiger partial charge in [-0.3, -0.25) is 20.3 Å². The Labute approximate surface area is 123 Å². The van der Waals surface area contributed by atoms with E-state index in [1.165, 1.54) is 12.1 Å². The normalized spacial score (nSPS) is 14.2. The molecule has 0 aromatic heterocycles. The van der Waals surface area contributed by atoms with Crippen LogP contribution in [0.25, 0.3) is 0 Å². The van der Waals surface area contributed by atoms with Crippen LogP contribution in [0.4, 0.5) is 4.79 Å². The Morgan fingerprint density at radius 3 is 2.80 bits per heavy atom. The summed E-state index contributed by atoms with van der Waals surface area (Å²) in [4.78, 5) is 33.7. The molecule has 7 nitrogen and oxygen atoms in total. The molecule has 1 aromatic rings. The molecule has 1 aliphatic rings. The number of ether oxygens (including phenoxy) is 1. The monoisotopic (exact) mass is 317 g/mol. The molecule has 0 aliphatic carbocycles. The summed E-state index contributed by atoms with van der Waals surface area (Å²) in [7, 11) is 0. The molecule has 0 atom stereocenters. The van der Waals surface area contributed by atoms with Crippen LogP contribution >= 0.6 is 23.2 Å². The molecular weight excluding hydrogens is 309 g/mol. The van der Waals surface area contributed by atoms with E-state index in [-0.39, 0.29) is 18.9 Å². The predicted octanol–water partition coefficient (Wildman–Crippen LogP) is 0.955. The Bertz CT molecular complexity index is 579. The molecule has 106 valence electrons. The van der Waals surface area contributed by atoms with Crippen LogP contribution in [0.1, 0.15) is 0 Å². The van der Waals surface area contributed by atoms with Crippen molar-refractivity contribution < 1.29 is 19.1 Å². The highest BCUT2D eigenvalue weighted by Crippen LogP contribution is 2.27. The Morgan fingerprint density at radius 2 is 2.15 bits per heavy atom. The second kappa shape index (κ2) is 5.98. The average Bonchev–Trinajstić information content (AvgIpc) is 2.69. The summed E-state index contributed by atoms with van der Waals surface area (Å²) in [5, 5.41) is 3.58. The van der Waals surface area contributed by atoms with E-state index in [1.54, 1.807) is 6.07 Å². The van der Waals surface area contributed by atoms with Crippen LogP contribution in [0.5, 0.6) is 5.75 Å². The first-order valence-electron chi connectivity index (χ1n) is 5.44. The maximum Gasteiger partial charge on any atom is 0.343 e.